The van der Waals surface area contributed by atoms with E-state index in [1.165, 1.54) is 12.1 Å². The predicted molar refractivity (Wildman–Crippen MR) is 116 cm³/mol. The molecule has 1 aromatic carbocycles. The van der Waals surface area contributed by atoms with Crippen LogP contribution in [0.2, 0.25) is 5.02 Å². The maximum absolute atomic E-state index is 13.4. The van der Waals surface area contributed by atoms with Gasteiger partial charge in [-0.15, -0.1) is 0 Å². The Morgan fingerprint density at radius 1 is 1.14 bits per heavy atom. The van der Waals surface area contributed by atoms with Crippen molar-refractivity contribution in [2.24, 2.45) is 0 Å². The van der Waals surface area contributed by atoms with Crippen molar-refractivity contribution in [2.75, 3.05) is 23.7 Å². The number of benzene rings is 1. The molecule has 2 aromatic heterocycles. The number of piperidine rings is 1. The standard InChI is InChI=1S/C22H23ClFN5/c23-19-14-27-22(28-17-6-3-9-25-13-17)11-18(19)20-7-2-8-21(29-20)26-12-15-4-1-5-16(24)10-15/h1-2,4-5,7-8,10-11,14,17,25H,3,6,9,12-13H2,(H,26,29)(H,27,28)/t17-/m1/s1. The van der Waals surface area contributed by atoms with Crippen molar-refractivity contribution in [3.63, 3.8) is 0 Å². The number of nitrogens with one attached hydrogen (secondary N) is 3. The van der Waals surface area contributed by atoms with Crippen molar-refractivity contribution in [1.29, 1.82) is 0 Å². The van der Waals surface area contributed by atoms with Crippen LogP contribution in [0, 0.1) is 5.82 Å². The Bertz CT molecular complexity index is 975. The fourth-order valence-electron chi connectivity index (χ4n) is 3.42. The monoisotopic (exact) mass is 411 g/mol. The highest BCUT2D eigenvalue weighted by atomic mass is 35.5. The van der Waals surface area contributed by atoms with E-state index in [4.69, 9.17) is 11.6 Å². The second-order valence-corrected chi connectivity index (χ2v) is 7.54. The Balaban J connectivity index is 1.50. The minimum Gasteiger partial charge on any atom is -0.366 e. The second kappa shape index (κ2) is 9.20. The molecule has 1 atom stereocenters. The molecular formula is C22H23ClFN5. The summed E-state index contributed by atoms with van der Waals surface area (Å²) in [6, 6.07) is 14.5. The molecule has 0 bridgehead atoms. The molecule has 7 heteroatoms. The fraction of sp³-hybridized carbons (Fsp3) is 0.273. The van der Waals surface area contributed by atoms with Gasteiger partial charge < -0.3 is 16.0 Å². The van der Waals surface area contributed by atoms with Gasteiger partial charge in [-0.3, -0.25) is 0 Å². The Morgan fingerprint density at radius 3 is 2.86 bits per heavy atom. The summed E-state index contributed by atoms with van der Waals surface area (Å²) in [6.45, 7) is 2.48. The lowest BCUT2D eigenvalue weighted by molar-refractivity contribution is 0.479. The van der Waals surface area contributed by atoms with Crippen molar-refractivity contribution in [3.05, 3.63) is 71.1 Å². The average molecular weight is 412 g/mol. The van der Waals surface area contributed by atoms with Crippen LogP contribution >= 0.6 is 11.6 Å². The molecule has 29 heavy (non-hydrogen) atoms. The minimum absolute atomic E-state index is 0.247. The minimum atomic E-state index is -0.247. The van der Waals surface area contributed by atoms with Crippen LogP contribution in [0.1, 0.15) is 18.4 Å². The summed E-state index contributed by atoms with van der Waals surface area (Å²) in [5, 5.41) is 10.7. The molecule has 1 fully saturated rings. The lowest BCUT2D eigenvalue weighted by Gasteiger charge is -2.24. The Hall–Kier alpha value is -2.70. The number of aromatic nitrogens is 2. The van der Waals surface area contributed by atoms with Gasteiger partial charge >= 0.3 is 0 Å². The maximum Gasteiger partial charge on any atom is 0.126 e. The van der Waals surface area contributed by atoms with E-state index in [0.29, 0.717) is 23.4 Å². The van der Waals surface area contributed by atoms with E-state index < -0.39 is 0 Å². The molecule has 0 radical (unpaired) electrons. The molecule has 0 saturated carbocycles. The lowest BCUT2D eigenvalue weighted by Crippen LogP contribution is -2.38. The summed E-state index contributed by atoms with van der Waals surface area (Å²) in [5.41, 5.74) is 2.43. The summed E-state index contributed by atoms with van der Waals surface area (Å²) in [7, 11) is 0. The van der Waals surface area contributed by atoms with Crippen LogP contribution in [0.3, 0.4) is 0 Å². The van der Waals surface area contributed by atoms with Gasteiger partial charge in [-0.05, 0) is 55.3 Å². The number of nitrogens with zero attached hydrogens (tertiary/aromatic N) is 2. The maximum atomic E-state index is 13.4. The Labute approximate surface area is 174 Å². The zero-order chi connectivity index (χ0) is 20.1. The van der Waals surface area contributed by atoms with Crippen molar-refractivity contribution < 1.29 is 4.39 Å². The van der Waals surface area contributed by atoms with Crippen LogP contribution in [-0.2, 0) is 6.54 Å². The van der Waals surface area contributed by atoms with Crippen LogP contribution in [-0.4, -0.2) is 29.1 Å². The van der Waals surface area contributed by atoms with Crippen LogP contribution in [0.4, 0.5) is 16.0 Å². The fourth-order valence-corrected chi connectivity index (χ4v) is 3.62. The van der Waals surface area contributed by atoms with Crippen LogP contribution in [0.25, 0.3) is 11.3 Å². The van der Waals surface area contributed by atoms with E-state index in [1.807, 2.05) is 30.3 Å². The first-order valence-electron chi connectivity index (χ1n) is 9.76. The third-order valence-corrected chi connectivity index (χ3v) is 5.19. The molecule has 0 amide bonds. The van der Waals surface area contributed by atoms with Gasteiger partial charge in [0.1, 0.15) is 17.5 Å². The van der Waals surface area contributed by atoms with Gasteiger partial charge in [0, 0.05) is 30.9 Å². The molecule has 1 aliphatic rings. The molecular weight excluding hydrogens is 389 g/mol. The third kappa shape index (κ3) is 5.22. The average Bonchev–Trinajstić information content (AvgIpc) is 2.75. The Kier molecular flexibility index (Phi) is 6.22. The number of anilines is 2. The molecule has 3 N–H and O–H groups in total. The number of rotatable bonds is 6. The molecule has 0 aliphatic carbocycles. The topological polar surface area (TPSA) is 61.9 Å². The largest absolute Gasteiger partial charge is 0.366 e. The summed E-state index contributed by atoms with van der Waals surface area (Å²) >= 11 is 6.41. The SMILES string of the molecule is Fc1cccc(CNc2cccc(-c3cc(N[C@@H]4CCCNC4)ncc3Cl)n2)c1. The first kappa shape index (κ1) is 19.6. The van der Waals surface area contributed by atoms with Gasteiger partial charge in [-0.2, -0.15) is 0 Å². The van der Waals surface area contributed by atoms with Gasteiger partial charge in [0.05, 0.1) is 10.7 Å². The molecule has 3 heterocycles. The third-order valence-electron chi connectivity index (χ3n) is 4.89. The van der Waals surface area contributed by atoms with E-state index in [-0.39, 0.29) is 5.82 Å². The van der Waals surface area contributed by atoms with Crippen LogP contribution in [0.15, 0.2) is 54.7 Å². The van der Waals surface area contributed by atoms with Crippen molar-refractivity contribution >= 4 is 23.2 Å². The number of pyridine rings is 2. The molecule has 0 unspecified atom stereocenters. The van der Waals surface area contributed by atoms with E-state index in [1.54, 1.807) is 12.3 Å². The molecule has 1 aliphatic heterocycles. The van der Waals surface area contributed by atoms with Crippen molar-refractivity contribution in [2.45, 2.75) is 25.4 Å². The van der Waals surface area contributed by atoms with Gasteiger partial charge in [0.15, 0.2) is 0 Å². The van der Waals surface area contributed by atoms with Crippen molar-refractivity contribution in [1.82, 2.24) is 15.3 Å². The molecule has 4 rings (SSSR count). The Morgan fingerprint density at radius 2 is 2.03 bits per heavy atom. The summed E-state index contributed by atoms with van der Waals surface area (Å²) in [4.78, 5) is 9.09. The van der Waals surface area contributed by atoms with Gasteiger partial charge in [0.2, 0.25) is 0 Å². The zero-order valence-electron chi connectivity index (χ0n) is 16.0. The first-order chi connectivity index (χ1) is 14.2. The second-order valence-electron chi connectivity index (χ2n) is 7.13. The predicted octanol–water partition coefficient (Wildman–Crippen LogP) is 4.71. The molecule has 150 valence electrons. The lowest BCUT2D eigenvalue weighted by atomic mass is 10.1. The van der Waals surface area contributed by atoms with E-state index in [0.717, 1.165) is 48.6 Å². The summed E-state index contributed by atoms with van der Waals surface area (Å²) < 4.78 is 13.4. The summed E-state index contributed by atoms with van der Waals surface area (Å²) in [5.74, 6) is 1.24. The van der Waals surface area contributed by atoms with Gasteiger partial charge in [-0.1, -0.05) is 29.8 Å². The normalized spacial score (nSPS) is 16.4. The van der Waals surface area contributed by atoms with E-state index in [2.05, 4.69) is 25.9 Å². The van der Waals surface area contributed by atoms with Gasteiger partial charge in [-0.25, -0.2) is 14.4 Å². The van der Waals surface area contributed by atoms with Crippen molar-refractivity contribution in [3.8, 4) is 11.3 Å². The number of hydrogen-bond acceptors (Lipinski definition) is 5. The highest BCUT2D eigenvalue weighted by Gasteiger charge is 2.14. The van der Waals surface area contributed by atoms with E-state index in [9.17, 15) is 4.39 Å². The highest BCUT2D eigenvalue weighted by Crippen LogP contribution is 2.29. The molecule has 0 spiro atoms. The van der Waals surface area contributed by atoms with E-state index >= 15 is 0 Å². The first-order valence-corrected chi connectivity index (χ1v) is 10.1. The number of halogens is 2. The molecule has 3 aromatic rings. The summed E-state index contributed by atoms with van der Waals surface area (Å²) in [6.07, 6.45) is 3.92. The van der Waals surface area contributed by atoms with Crippen LogP contribution < -0.4 is 16.0 Å². The highest BCUT2D eigenvalue weighted by molar-refractivity contribution is 6.33. The molecule has 5 nitrogen and oxygen atoms in total. The quantitative estimate of drug-likeness (QED) is 0.548. The number of hydrogen-bond donors (Lipinski definition) is 3. The smallest absolute Gasteiger partial charge is 0.126 e. The van der Waals surface area contributed by atoms with Gasteiger partial charge in [0.25, 0.3) is 0 Å². The van der Waals surface area contributed by atoms with Crippen LogP contribution in [0.5, 0.6) is 0 Å². The molecule has 1 saturated heterocycles. The zero-order valence-corrected chi connectivity index (χ0v) is 16.7.